The lowest BCUT2D eigenvalue weighted by molar-refractivity contribution is -0.120. The number of rotatable bonds is 7. The number of nitrogens with one attached hydrogen (secondary N) is 1. The average Bonchev–Trinajstić information content (AvgIpc) is 2.10. The predicted octanol–water partition coefficient (Wildman–Crippen LogP) is -1.53. The first-order valence-electron chi connectivity index (χ1n) is 4.68. The van der Waals surface area contributed by atoms with Crippen LogP contribution in [-0.2, 0) is 4.79 Å². The van der Waals surface area contributed by atoms with Crippen molar-refractivity contribution in [3.63, 3.8) is 0 Å². The van der Waals surface area contributed by atoms with Crippen LogP contribution in [0.2, 0.25) is 6.32 Å². The Labute approximate surface area is 80.7 Å². The molecule has 0 saturated heterocycles. The Balaban J connectivity index is 3.94. The third-order valence-electron chi connectivity index (χ3n) is 1.86. The van der Waals surface area contributed by atoms with Crippen LogP contribution < -0.4 is 5.32 Å². The molecule has 0 rings (SSSR count). The number of hydrogen-bond acceptors (Lipinski definition) is 4. The Bertz CT molecular complexity index is 155. The molecule has 0 radical (unpaired) electrons. The van der Waals surface area contributed by atoms with E-state index in [0.717, 1.165) is 6.54 Å². The van der Waals surface area contributed by atoms with Crippen molar-refractivity contribution in [3.8, 4) is 0 Å². The summed E-state index contributed by atoms with van der Waals surface area (Å²) in [5.41, 5.74) is 0. The molecule has 13 heavy (non-hydrogen) atoms. The maximum atomic E-state index is 10.9. The lowest BCUT2D eigenvalue weighted by Crippen LogP contribution is -2.41. The number of carbonyl (C=O) groups excluding carboxylic acids is 1. The maximum absolute atomic E-state index is 10.9. The minimum Gasteiger partial charge on any atom is -0.379 e. The molecule has 4 nitrogen and oxygen atoms in total. The lowest BCUT2D eigenvalue weighted by Gasteiger charge is -2.25. The number of aliphatic hydroxyl groups excluding tert-OH is 1. The van der Waals surface area contributed by atoms with E-state index < -0.39 is 6.23 Å². The van der Waals surface area contributed by atoms with Gasteiger partial charge in [-0.2, -0.15) is 0 Å². The highest BCUT2D eigenvalue weighted by Gasteiger charge is 2.14. The fraction of sp³-hybridized carbons (Fsp3) is 0.875. The molecule has 0 aromatic heterocycles. The summed E-state index contributed by atoms with van der Waals surface area (Å²) in [6, 6.07) is 0. The number of aliphatic hydroxyl groups is 1. The molecule has 0 aromatic carbocycles. The zero-order valence-corrected chi connectivity index (χ0v) is 8.71. The Morgan fingerprint density at radius 2 is 2.31 bits per heavy atom. The summed E-state index contributed by atoms with van der Waals surface area (Å²) >= 11 is 0. The number of nitrogens with zero attached hydrogens (tertiary/aromatic N) is 1. The molecule has 0 spiro atoms. The van der Waals surface area contributed by atoms with Gasteiger partial charge in [-0.25, -0.2) is 0 Å². The zero-order valence-electron chi connectivity index (χ0n) is 8.71. The van der Waals surface area contributed by atoms with E-state index in [9.17, 15) is 9.90 Å². The zero-order chi connectivity index (χ0) is 10.3. The SMILES string of the molecule is BCC(O)N(CCNC)CC(C)=O. The highest BCUT2D eigenvalue weighted by Crippen LogP contribution is 1.98. The van der Waals surface area contributed by atoms with Crippen molar-refractivity contribution in [1.29, 1.82) is 0 Å². The van der Waals surface area contributed by atoms with Gasteiger partial charge in [0.25, 0.3) is 0 Å². The Morgan fingerprint density at radius 1 is 1.69 bits per heavy atom. The van der Waals surface area contributed by atoms with Gasteiger partial charge in [-0.15, -0.1) is 0 Å². The minimum atomic E-state index is -0.503. The molecule has 76 valence electrons. The van der Waals surface area contributed by atoms with Gasteiger partial charge in [0.15, 0.2) is 0 Å². The van der Waals surface area contributed by atoms with E-state index in [-0.39, 0.29) is 5.78 Å². The van der Waals surface area contributed by atoms with Crippen molar-refractivity contribution in [3.05, 3.63) is 0 Å². The van der Waals surface area contributed by atoms with Gasteiger partial charge < -0.3 is 10.4 Å². The van der Waals surface area contributed by atoms with Crippen LogP contribution in [0.3, 0.4) is 0 Å². The number of likely N-dealkylation sites (N-methyl/N-ethyl adjacent to an activating group) is 1. The second-order valence-corrected chi connectivity index (χ2v) is 3.16. The molecule has 0 bridgehead atoms. The van der Waals surface area contributed by atoms with E-state index in [1.807, 2.05) is 14.9 Å². The molecular weight excluding hydrogens is 167 g/mol. The van der Waals surface area contributed by atoms with E-state index in [2.05, 4.69) is 5.32 Å². The normalized spacial score (nSPS) is 13.2. The molecule has 0 saturated carbocycles. The van der Waals surface area contributed by atoms with Gasteiger partial charge in [0.1, 0.15) is 19.9 Å². The Hall–Kier alpha value is -0.385. The molecule has 0 aliphatic heterocycles. The highest BCUT2D eigenvalue weighted by atomic mass is 16.3. The first-order chi connectivity index (χ1) is 6.11. The van der Waals surface area contributed by atoms with Gasteiger partial charge in [-0.3, -0.25) is 9.69 Å². The van der Waals surface area contributed by atoms with Crippen LogP contribution >= 0.6 is 0 Å². The summed E-state index contributed by atoms with van der Waals surface area (Å²) in [6.07, 6.45) is 0.147. The van der Waals surface area contributed by atoms with Crippen molar-refractivity contribution in [2.24, 2.45) is 0 Å². The van der Waals surface area contributed by atoms with Gasteiger partial charge in [-0.1, -0.05) is 0 Å². The van der Waals surface area contributed by atoms with Gasteiger partial charge in [0.2, 0.25) is 0 Å². The summed E-state index contributed by atoms with van der Waals surface area (Å²) < 4.78 is 0. The maximum Gasteiger partial charge on any atom is 0.143 e. The second-order valence-electron chi connectivity index (χ2n) is 3.16. The van der Waals surface area contributed by atoms with Crippen LogP contribution in [0.1, 0.15) is 6.92 Å². The molecule has 5 heteroatoms. The Kier molecular flexibility index (Phi) is 6.85. The topological polar surface area (TPSA) is 52.6 Å². The van der Waals surface area contributed by atoms with E-state index >= 15 is 0 Å². The van der Waals surface area contributed by atoms with Crippen molar-refractivity contribution < 1.29 is 9.90 Å². The molecule has 2 N–H and O–H groups in total. The van der Waals surface area contributed by atoms with Crippen LogP contribution in [0.15, 0.2) is 0 Å². The van der Waals surface area contributed by atoms with Crippen molar-refractivity contribution in [1.82, 2.24) is 10.2 Å². The average molecular weight is 186 g/mol. The van der Waals surface area contributed by atoms with E-state index in [1.54, 1.807) is 4.90 Å². The van der Waals surface area contributed by atoms with Crippen LogP contribution in [0, 0.1) is 0 Å². The van der Waals surface area contributed by atoms with Gasteiger partial charge in [0, 0.05) is 13.1 Å². The first-order valence-corrected chi connectivity index (χ1v) is 4.68. The lowest BCUT2D eigenvalue weighted by atomic mass is 10.0. The molecule has 1 unspecified atom stereocenters. The molecule has 0 amide bonds. The molecule has 0 aromatic rings. The fourth-order valence-corrected chi connectivity index (χ4v) is 1.13. The quantitative estimate of drug-likeness (QED) is 0.374. The third kappa shape index (κ3) is 5.79. The molecule has 0 fully saturated rings. The fourth-order valence-electron chi connectivity index (χ4n) is 1.13. The Morgan fingerprint density at radius 3 is 2.69 bits per heavy atom. The molecular formula is C8H19BN2O2. The molecule has 1 atom stereocenters. The van der Waals surface area contributed by atoms with Crippen LogP contribution in [0.25, 0.3) is 0 Å². The minimum absolute atomic E-state index is 0.0867. The summed E-state index contributed by atoms with van der Waals surface area (Å²) in [7, 11) is 3.75. The van der Waals surface area contributed by atoms with Crippen molar-refractivity contribution >= 4 is 13.6 Å². The monoisotopic (exact) mass is 186 g/mol. The third-order valence-corrected chi connectivity index (χ3v) is 1.86. The summed E-state index contributed by atoms with van der Waals surface area (Å²) in [4.78, 5) is 12.6. The van der Waals surface area contributed by atoms with E-state index in [4.69, 9.17) is 0 Å². The van der Waals surface area contributed by atoms with Crippen LogP contribution in [0.5, 0.6) is 0 Å². The predicted molar refractivity (Wildman–Crippen MR) is 55.5 cm³/mol. The van der Waals surface area contributed by atoms with Crippen LogP contribution in [0.4, 0.5) is 0 Å². The summed E-state index contributed by atoms with van der Waals surface area (Å²) in [6.45, 7) is 3.35. The first kappa shape index (κ1) is 12.6. The van der Waals surface area contributed by atoms with Gasteiger partial charge >= 0.3 is 0 Å². The summed E-state index contributed by atoms with van der Waals surface area (Å²) in [5.74, 6) is 0.0867. The van der Waals surface area contributed by atoms with E-state index in [1.165, 1.54) is 6.92 Å². The second kappa shape index (κ2) is 7.06. The summed E-state index contributed by atoms with van der Waals surface area (Å²) in [5, 5.41) is 12.5. The van der Waals surface area contributed by atoms with Gasteiger partial charge in [0.05, 0.1) is 6.54 Å². The van der Waals surface area contributed by atoms with E-state index in [0.29, 0.717) is 19.4 Å². The number of ketones is 1. The number of hydrogen-bond donors (Lipinski definition) is 2. The molecule has 0 aliphatic rings. The number of carbonyl (C=O) groups is 1. The highest BCUT2D eigenvalue weighted by molar-refractivity contribution is 6.08. The largest absolute Gasteiger partial charge is 0.379 e. The standard InChI is InChI=1S/C8H19BN2O2/c1-7(12)6-11(4-3-10-2)8(13)5-9/h8,10,13H,3-6,9H2,1-2H3. The molecule has 0 aliphatic carbocycles. The number of Topliss-reactive ketones (excluding diaryl/α,β-unsaturated/α-hetero) is 1. The van der Waals surface area contributed by atoms with Crippen LogP contribution in [-0.4, -0.2) is 56.5 Å². The van der Waals surface area contributed by atoms with Gasteiger partial charge in [-0.05, 0) is 20.3 Å². The van der Waals surface area contributed by atoms with Crippen molar-refractivity contribution in [2.45, 2.75) is 19.5 Å². The van der Waals surface area contributed by atoms with Crippen molar-refractivity contribution in [2.75, 3.05) is 26.7 Å². The molecule has 0 heterocycles. The smallest absolute Gasteiger partial charge is 0.143 e.